The van der Waals surface area contributed by atoms with Crippen molar-refractivity contribution in [3.05, 3.63) is 87.7 Å². The van der Waals surface area contributed by atoms with Crippen molar-refractivity contribution in [2.75, 3.05) is 5.32 Å². The SMILES string of the molecule is O=C(O)c1csc(-c2ccc(-n3ccnc(Nc4ccc(C(F)(F)F)cc4F)c3=O)cc2)n1. The molecule has 0 spiro atoms. The van der Waals surface area contributed by atoms with Crippen molar-refractivity contribution in [1.29, 1.82) is 0 Å². The minimum Gasteiger partial charge on any atom is -0.476 e. The molecule has 2 aromatic carbocycles. The van der Waals surface area contributed by atoms with Crippen LogP contribution in [0.2, 0.25) is 0 Å². The second kappa shape index (κ2) is 8.47. The summed E-state index contributed by atoms with van der Waals surface area (Å²) in [7, 11) is 0. The van der Waals surface area contributed by atoms with E-state index in [0.717, 1.165) is 17.4 Å². The van der Waals surface area contributed by atoms with Crippen LogP contribution < -0.4 is 10.9 Å². The third-order valence-corrected chi connectivity index (χ3v) is 5.40. The lowest BCUT2D eigenvalue weighted by Gasteiger charge is -2.12. The number of carboxylic acid groups (broad SMARTS) is 1. The molecule has 0 unspecified atom stereocenters. The Morgan fingerprint density at radius 2 is 1.85 bits per heavy atom. The van der Waals surface area contributed by atoms with E-state index in [0.29, 0.717) is 28.4 Å². The van der Waals surface area contributed by atoms with Gasteiger partial charge in [0.2, 0.25) is 0 Å². The summed E-state index contributed by atoms with van der Waals surface area (Å²) in [5, 5.41) is 13.3. The quantitative estimate of drug-likeness (QED) is 0.396. The highest BCUT2D eigenvalue weighted by Gasteiger charge is 2.31. The predicted octanol–water partition coefficient (Wildman–Crippen LogP) is 4.96. The van der Waals surface area contributed by atoms with Crippen molar-refractivity contribution in [1.82, 2.24) is 14.5 Å². The molecule has 0 atom stereocenters. The summed E-state index contributed by atoms with van der Waals surface area (Å²) in [4.78, 5) is 31.7. The Morgan fingerprint density at radius 1 is 1.12 bits per heavy atom. The van der Waals surface area contributed by atoms with Crippen LogP contribution in [0.15, 0.2) is 65.0 Å². The molecule has 7 nitrogen and oxygen atoms in total. The number of carboxylic acids is 1. The van der Waals surface area contributed by atoms with Gasteiger partial charge in [-0.2, -0.15) is 13.2 Å². The molecule has 168 valence electrons. The zero-order valence-corrected chi connectivity index (χ0v) is 17.1. The van der Waals surface area contributed by atoms with Crippen LogP contribution in [0.25, 0.3) is 16.3 Å². The number of halogens is 4. The summed E-state index contributed by atoms with van der Waals surface area (Å²) in [6.45, 7) is 0. The molecule has 4 rings (SSSR count). The van der Waals surface area contributed by atoms with Gasteiger partial charge in [0.15, 0.2) is 11.5 Å². The lowest BCUT2D eigenvalue weighted by atomic mass is 10.2. The maximum atomic E-state index is 14.1. The average molecular weight is 476 g/mol. The van der Waals surface area contributed by atoms with Crippen LogP contribution in [0.3, 0.4) is 0 Å². The van der Waals surface area contributed by atoms with E-state index in [-0.39, 0.29) is 17.2 Å². The van der Waals surface area contributed by atoms with Crippen molar-refractivity contribution in [2.45, 2.75) is 6.18 Å². The van der Waals surface area contributed by atoms with Crippen LogP contribution >= 0.6 is 11.3 Å². The van der Waals surface area contributed by atoms with Gasteiger partial charge in [0, 0.05) is 29.0 Å². The Hall–Kier alpha value is -4.06. The van der Waals surface area contributed by atoms with E-state index in [1.807, 2.05) is 0 Å². The molecule has 0 saturated carbocycles. The van der Waals surface area contributed by atoms with Gasteiger partial charge in [-0.1, -0.05) is 0 Å². The minimum atomic E-state index is -4.70. The van der Waals surface area contributed by atoms with Gasteiger partial charge in [-0.3, -0.25) is 9.36 Å². The standard InChI is InChI=1S/C21H12F4N4O3S/c22-14-9-12(21(23,24)25)3-6-15(14)27-17-19(30)29(8-7-26-17)13-4-1-11(2-5-13)18-28-16(10-33-18)20(31)32/h1-10H,(H,26,27)(H,31,32). The summed E-state index contributed by atoms with van der Waals surface area (Å²) in [6, 6.07) is 8.40. The third-order valence-electron chi connectivity index (χ3n) is 4.51. The second-order valence-electron chi connectivity index (χ2n) is 6.66. The number of alkyl halides is 3. The number of aromatic nitrogens is 3. The molecule has 0 fully saturated rings. The van der Waals surface area contributed by atoms with Crippen LogP contribution in [0.5, 0.6) is 0 Å². The van der Waals surface area contributed by atoms with Gasteiger partial charge in [0.05, 0.1) is 11.3 Å². The molecule has 4 aromatic rings. The van der Waals surface area contributed by atoms with Crippen molar-refractivity contribution >= 4 is 28.8 Å². The highest BCUT2D eigenvalue weighted by atomic mass is 32.1. The first-order valence-electron chi connectivity index (χ1n) is 9.14. The zero-order chi connectivity index (χ0) is 23.8. The zero-order valence-electron chi connectivity index (χ0n) is 16.3. The van der Waals surface area contributed by atoms with Crippen molar-refractivity contribution < 1.29 is 27.5 Å². The van der Waals surface area contributed by atoms with Gasteiger partial charge in [0.25, 0.3) is 5.56 Å². The highest BCUT2D eigenvalue weighted by molar-refractivity contribution is 7.13. The van der Waals surface area contributed by atoms with E-state index in [1.54, 1.807) is 24.3 Å². The van der Waals surface area contributed by atoms with Crippen molar-refractivity contribution in [3.63, 3.8) is 0 Å². The van der Waals surface area contributed by atoms with E-state index in [2.05, 4.69) is 15.3 Å². The molecule has 0 aliphatic heterocycles. The molecule has 0 amide bonds. The number of hydrogen-bond acceptors (Lipinski definition) is 6. The number of anilines is 2. The number of nitrogens with one attached hydrogen (secondary N) is 1. The number of nitrogens with zero attached hydrogens (tertiary/aromatic N) is 3. The van der Waals surface area contributed by atoms with Crippen LogP contribution in [0.4, 0.5) is 29.1 Å². The van der Waals surface area contributed by atoms with E-state index in [4.69, 9.17) is 5.11 Å². The topological polar surface area (TPSA) is 97.1 Å². The molecule has 33 heavy (non-hydrogen) atoms. The molecule has 0 radical (unpaired) electrons. The van der Waals surface area contributed by atoms with Crippen molar-refractivity contribution in [3.8, 4) is 16.3 Å². The van der Waals surface area contributed by atoms with Gasteiger partial charge >= 0.3 is 12.1 Å². The number of aromatic carboxylic acids is 1. The highest BCUT2D eigenvalue weighted by Crippen LogP contribution is 2.31. The summed E-state index contributed by atoms with van der Waals surface area (Å²) in [5.41, 5.74) is -1.15. The van der Waals surface area contributed by atoms with Gasteiger partial charge in [-0.15, -0.1) is 11.3 Å². The average Bonchev–Trinajstić information content (AvgIpc) is 3.27. The van der Waals surface area contributed by atoms with Gasteiger partial charge in [-0.05, 0) is 42.5 Å². The molecular formula is C21H12F4N4O3S. The number of benzene rings is 2. The first-order chi connectivity index (χ1) is 15.6. The molecule has 0 saturated heterocycles. The predicted molar refractivity (Wildman–Crippen MR) is 113 cm³/mol. The first kappa shape index (κ1) is 22.1. The number of thiazole rings is 1. The molecule has 0 aliphatic rings. The Balaban J connectivity index is 1.61. The number of carbonyl (C=O) groups is 1. The Kier molecular flexibility index (Phi) is 5.68. The molecule has 0 aliphatic carbocycles. The van der Waals surface area contributed by atoms with E-state index in [9.17, 15) is 27.2 Å². The largest absolute Gasteiger partial charge is 0.476 e. The fraction of sp³-hybridized carbons (Fsp3) is 0.0476. The normalized spacial score (nSPS) is 11.4. The first-order valence-corrected chi connectivity index (χ1v) is 10.0. The fourth-order valence-corrected chi connectivity index (χ4v) is 3.69. The van der Waals surface area contributed by atoms with E-state index in [1.165, 1.54) is 22.3 Å². The lowest BCUT2D eigenvalue weighted by Crippen LogP contribution is -2.22. The van der Waals surface area contributed by atoms with Gasteiger partial charge in [-0.25, -0.2) is 19.2 Å². The second-order valence-corrected chi connectivity index (χ2v) is 7.52. The fourth-order valence-electron chi connectivity index (χ4n) is 2.89. The summed E-state index contributed by atoms with van der Waals surface area (Å²) >= 11 is 1.16. The maximum absolute atomic E-state index is 14.1. The number of hydrogen-bond donors (Lipinski definition) is 2. The summed E-state index contributed by atoms with van der Waals surface area (Å²) in [6.07, 6.45) is -2.05. The Morgan fingerprint density at radius 3 is 2.45 bits per heavy atom. The lowest BCUT2D eigenvalue weighted by molar-refractivity contribution is -0.137. The molecular weight excluding hydrogens is 464 g/mol. The van der Waals surface area contributed by atoms with Crippen molar-refractivity contribution in [2.24, 2.45) is 0 Å². The smallest absolute Gasteiger partial charge is 0.416 e. The van der Waals surface area contributed by atoms with Crippen LogP contribution in [0, 0.1) is 5.82 Å². The Bertz CT molecular complexity index is 1400. The van der Waals surface area contributed by atoms with Crippen LogP contribution in [0.1, 0.15) is 16.1 Å². The Labute approximate surface area is 186 Å². The van der Waals surface area contributed by atoms with Gasteiger partial charge < -0.3 is 10.4 Å². The molecule has 2 heterocycles. The molecule has 12 heteroatoms. The monoisotopic (exact) mass is 476 g/mol. The summed E-state index contributed by atoms with van der Waals surface area (Å²) < 4.78 is 53.5. The molecule has 2 N–H and O–H groups in total. The number of rotatable bonds is 5. The summed E-state index contributed by atoms with van der Waals surface area (Å²) in [5.74, 6) is -2.61. The maximum Gasteiger partial charge on any atom is 0.416 e. The van der Waals surface area contributed by atoms with Gasteiger partial charge in [0.1, 0.15) is 10.8 Å². The minimum absolute atomic E-state index is 0.0735. The molecule has 0 bridgehead atoms. The van der Waals surface area contributed by atoms with E-state index < -0.39 is 29.1 Å². The van der Waals surface area contributed by atoms with Crippen LogP contribution in [-0.4, -0.2) is 25.6 Å². The third kappa shape index (κ3) is 4.60. The van der Waals surface area contributed by atoms with E-state index >= 15 is 0 Å². The van der Waals surface area contributed by atoms with Crippen LogP contribution in [-0.2, 0) is 6.18 Å². The molecule has 2 aromatic heterocycles.